The quantitative estimate of drug-likeness (QED) is 0.104. The van der Waals surface area contributed by atoms with Crippen molar-refractivity contribution in [1.82, 2.24) is 4.72 Å². The molecule has 0 radical (unpaired) electrons. The highest BCUT2D eigenvalue weighted by Crippen LogP contribution is 2.32. The summed E-state index contributed by atoms with van der Waals surface area (Å²) in [5.74, 6) is -1.18. The van der Waals surface area contributed by atoms with Crippen LogP contribution in [-0.2, 0) is 40.8 Å². The molecule has 19 heteroatoms. The van der Waals surface area contributed by atoms with Crippen molar-refractivity contribution in [2.24, 2.45) is 0 Å². The van der Waals surface area contributed by atoms with Crippen molar-refractivity contribution >= 4 is 58.2 Å². The summed E-state index contributed by atoms with van der Waals surface area (Å²) < 4.78 is 98.7. The Bertz CT molecular complexity index is 934. The molecule has 42 heavy (non-hydrogen) atoms. The van der Waals surface area contributed by atoms with E-state index in [9.17, 15) is 26.4 Å². The Hall–Kier alpha value is 0.0544. The summed E-state index contributed by atoms with van der Waals surface area (Å²) in [7, 11) is -16.3. The summed E-state index contributed by atoms with van der Waals surface area (Å²) in [4.78, 5) is 11.8. The molecule has 2 unspecified atom stereocenters. The normalized spacial score (nSPS) is 16.6. The van der Waals surface area contributed by atoms with E-state index in [4.69, 9.17) is 25.9 Å². The van der Waals surface area contributed by atoms with Crippen LogP contribution in [0, 0.1) is 0 Å². The largest absolute Gasteiger partial charge is 0.516 e. The molecular formula is C23H54F3NO9SSi5. The van der Waals surface area contributed by atoms with Crippen LogP contribution in [0.25, 0.3) is 0 Å². The molecule has 0 aliphatic heterocycles. The number of methoxy groups -OCH3 is 1. The monoisotopic (exact) mass is 717 g/mol. The van der Waals surface area contributed by atoms with Crippen molar-refractivity contribution in [3.8, 4) is 0 Å². The van der Waals surface area contributed by atoms with Gasteiger partial charge in [-0.2, -0.15) is 21.6 Å². The van der Waals surface area contributed by atoms with Gasteiger partial charge in [0.25, 0.3) is 0 Å². The number of carbonyl (C=O) groups is 1. The molecule has 0 aromatic heterocycles. The number of carbonyl (C=O) groups excluding carboxylic acids is 1. The molecule has 0 aromatic carbocycles. The highest BCUT2D eigenvalue weighted by molar-refractivity contribution is 7.90. The zero-order valence-electron chi connectivity index (χ0n) is 27.3. The van der Waals surface area contributed by atoms with Crippen LogP contribution in [0.5, 0.6) is 0 Å². The number of unbranched alkanes of at least 4 members (excludes halogenated alkanes) is 2. The van der Waals surface area contributed by atoms with Crippen LogP contribution >= 0.6 is 0 Å². The summed E-state index contributed by atoms with van der Waals surface area (Å²) in [6.45, 7) is 22.3. The first-order chi connectivity index (χ1) is 18.7. The van der Waals surface area contributed by atoms with Gasteiger partial charge < -0.3 is 25.9 Å². The van der Waals surface area contributed by atoms with Gasteiger partial charge in [0.2, 0.25) is 5.91 Å². The number of alkyl halides is 3. The number of hydrogen-bond acceptors (Lipinski definition) is 9. The predicted molar refractivity (Wildman–Crippen MR) is 170 cm³/mol. The van der Waals surface area contributed by atoms with Crippen molar-refractivity contribution in [2.75, 3.05) is 26.9 Å². The SMILES string of the molecule is COCCOCCC[Si](C)(O[Si](C)(C)O[Si](C)(C)C)O[Si](C)(CCCCCC(=O)NS(=O)(=O)C(F)(F)F)O[Si](C)(C)C. The molecule has 252 valence electrons. The Morgan fingerprint density at radius 1 is 0.690 bits per heavy atom. The standard InChI is InChI=1S/C23H54F3NO9SSi5/c1-31-18-19-32-17-15-21-42(11,35-40(8,9)33-38(2,3)4)36-41(10,34-39(5,6)7)20-14-12-13-16-22(28)27-37(29,30)23(24,25)26/h12-21H2,1-11H3,(H,27,28). The number of nitrogens with one attached hydrogen (secondary N) is 1. The summed E-state index contributed by atoms with van der Waals surface area (Å²) >= 11 is 0. The zero-order chi connectivity index (χ0) is 33.1. The smallest absolute Gasteiger partial charge is 0.437 e. The highest BCUT2D eigenvalue weighted by atomic mass is 32.2. The van der Waals surface area contributed by atoms with Gasteiger partial charge in [-0.05, 0) is 90.4 Å². The maximum Gasteiger partial charge on any atom is 0.516 e. The minimum Gasteiger partial charge on any atom is -0.437 e. The second-order valence-electron chi connectivity index (χ2n) is 13.0. The zero-order valence-corrected chi connectivity index (χ0v) is 33.1. The molecular weight excluding hydrogens is 664 g/mol. The highest BCUT2D eigenvalue weighted by Gasteiger charge is 2.49. The van der Waals surface area contributed by atoms with Gasteiger partial charge in [-0.1, -0.05) is 12.8 Å². The van der Waals surface area contributed by atoms with Crippen LogP contribution in [0.3, 0.4) is 0 Å². The minimum atomic E-state index is -5.70. The summed E-state index contributed by atoms with van der Waals surface area (Å²) in [6, 6.07) is 1.27. The van der Waals surface area contributed by atoms with E-state index >= 15 is 0 Å². The topological polar surface area (TPSA) is 119 Å². The van der Waals surface area contributed by atoms with Gasteiger partial charge >= 0.3 is 41.2 Å². The number of rotatable bonds is 22. The Kier molecular flexibility index (Phi) is 17.1. The maximum atomic E-state index is 12.5. The number of halogens is 3. The number of amides is 1. The Morgan fingerprint density at radius 2 is 1.21 bits per heavy atom. The van der Waals surface area contributed by atoms with Crippen LogP contribution in [-0.4, -0.2) is 89.1 Å². The fourth-order valence-electron chi connectivity index (χ4n) is 4.54. The van der Waals surface area contributed by atoms with E-state index in [2.05, 4.69) is 45.8 Å². The number of sulfonamides is 1. The Labute approximate surface area is 256 Å². The van der Waals surface area contributed by atoms with E-state index in [0.29, 0.717) is 44.8 Å². The second-order valence-corrected chi connectivity index (χ2v) is 34.8. The first-order valence-corrected chi connectivity index (χ1v) is 30.4. The van der Waals surface area contributed by atoms with Crippen molar-refractivity contribution in [3.05, 3.63) is 0 Å². The Balaban J connectivity index is 5.57. The maximum absolute atomic E-state index is 12.5. The average Bonchev–Trinajstić information content (AvgIpc) is 2.70. The molecule has 0 rings (SSSR count). The van der Waals surface area contributed by atoms with Gasteiger partial charge in [-0.3, -0.25) is 4.79 Å². The van der Waals surface area contributed by atoms with Gasteiger partial charge in [0.05, 0.1) is 13.2 Å². The average molecular weight is 718 g/mol. The first-order valence-electron chi connectivity index (χ1n) is 14.2. The molecule has 0 heterocycles. The lowest BCUT2D eigenvalue weighted by atomic mass is 10.2. The fourth-order valence-corrected chi connectivity index (χ4v) is 28.9. The molecule has 0 saturated carbocycles. The van der Waals surface area contributed by atoms with Gasteiger partial charge in [0, 0.05) is 20.1 Å². The molecule has 10 nitrogen and oxygen atoms in total. The van der Waals surface area contributed by atoms with Crippen LogP contribution in [0.15, 0.2) is 0 Å². The van der Waals surface area contributed by atoms with E-state index in [1.807, 2.05) is 19.6 Å². The predicted octanol–water partition coefficient (Wildman–Crippen LogP) is 6.15. The van der Waals surface area contributed by atoms with Crippen LogP contribution in [0.1, 0.15) is 32.1 Å². The lowest BCUT2D eigenvalue weighted by Gasteiger charge is -2.44. The summed E-state index contributed by atoms with van der Waals surface area (Å²) in [5, 5.41) is 0. The van der Waals surface area contributed by atoms with E-state index < -0.39 is 63.8 Å². The molecule has 1 amide bonds. The van der Waals surface area contributed by atoms with E-state index in [1.54, 1.807) is 7.11 Å². The van der Waals surface area contributed by atoms with Gasteiger partial charge in [-0.25, -0.2) is 4.72 Å². The lowest BCUT2D eigenvalue weighted by Crippen LogP contribution is -2.60. The summed E-state index contributed by atoms with van der Waals surface area (Å²) in [6.07, 6.45) is 1.72. The third kappa shape index (κ3) is 19.4. The van der Waals surface area contributed by atoms with Crippen molar-refractivity contribution in [3.63, 3.8) is 0 Å². The van der Waals surface area contributed by atoms with Crippen molar-refractivity contribution in [2.45, 2.75) is 115 Å². The molecule has 0 aliphatic rings. The fraction of sp³-hybridized carbons (Fsp3) is 0.957. The molecule has 1 N–H and O–H groups in total. The molecule has 0 aromatic rings. The molecule has 0 fully saturated rings. The lowest BCUT2D eigenvalue weighted by molar-refractivity contribution is -0.120. The van der Waals surface area contributed by atoms with Gasteiger partial charge in [-0.15, -0.1) is 0 Å². The van der Waals surface area contributed by atoms with E-state index in [0.717, 1.165) is 11.1 Å². The van der Waals surface area contributed by atoms with Crippen LogP contribution in [0.4, 0.5) is 13.2 Å². The van der Waals surface area contributed by atoms with E-state index in [1.165, 1.54) is 0 Å². The molecule has 2 atom stereocenters. The minimum absolute atomic E-state index is 0.227. The van der Waals surface area contributed by atoms with Crippen LogP contribution in [0.2, 0.25) is 77.6 Å². The second kappa shape index (κ2) is 17.1. The Morgan fingerprint density at radius 3 is 1.71 bits per heavy atom. The molecule has 0 spiro atoms. The van der Waals surface area contributed by atoms with Crippen molar-refractivity contribution in [1.29, 1.82) is 0 Å². The van der Waals surface area contributed by atoms with E-state index in [-0.39, 0.29) is 12.8 Å². The number of hydrogen-bond donors (Lipinski definition) is 1. The van der Waals surface area contributed by atoms with Gasteiger partial charge in [0.15, 0.2) is 16.6 Å². The molecule has 0 aliphatic carbocycles. The van der Waals surface area contributed by atoms with Crippen molar-refractivity contribution < 1.29 is 52.3 Å². The third-order valence-corrected chi connectivity index (χ3v) is 24.8. The van der Waals surface area contributed by atoms with Crippen LogP contribution < -0.4 is 4.72 Å². The first kappa shape index (κ1) is 42.1. The van der Waals surface area contributed by atoms with Gasteiger partial charge in [0.1, 0.15) is 0 Å². The summed E-state index contributed by atoms with van der Waals surface area (Å²) in [5.41, 5.74) is -5.53. The number of ether oxygens (including phenoxy) is 2. The molecule has 0 bridgehead atoms. The molecule has 0 saturated heterocycles. The third-order valence-electron chi connectivity index (χ3n) is 5.41.